The third-order valence-corrected chi connectivity index (χ3v) is 2.44. The predicted octanol–water partition coefficient (Wildman–Crippen LogP) is 4.24. The van der Waals surface area contributed by atoms with Crippen LogP contribution in [-0.4, -0.2) is 6.18 Å². The summed E-state index contributed by atoms with van der Waals surface area (Å²) in [6.07, 6.45) is -5.74. The van der Waals surface area contributed by atoms with Crippen LogP contribution >= 0.6 is 24.0 Å². The van der Waals surface area contributed by atoms with Crippen LogP contribution in [0.25, 0.3) is 0 Å². The summed E-state index contributed by atoms with van der Waals surface area (Å²) in [7, 11) is 0. The maximum Gasteiger partial charge on any atom is 0.389 e. The van der Waals surface area contributed by atoms with Gasteiger partial charge in [0.15, 0.2) is 0 Å². The summed E-state index contributed by atoms with van der Waals surface area (Å²) in [4.78, 5) is 0. The van der Waals surface area contributed by atoms with E-state index in [2.05, 4.69) is 0 Å². The molecule has 0 unspecified atom stereocenters. The van der Waals surface area contributed by atoms with E-state index in [1.807, 2.05) is 0 Å². The van der Waals surface area contributed by atoms with Crippen molar-refractivity contribution in [3.8, 4) is 0 Å². The summed E-state index contributed by atoms with van der Waals surface area (Å²) >= 11 is 5.67. The molecule has 1 rings (SSSR count). The molecule has 1 aromatic rings. The van der Waals surface area contributed by atoms with E-state index in [1.54, 1.807) is 0 Å². The van der Waals surface area contributed by atoms with Gasteiger partial charge in [-0.25, -0.2) is 4.39 Å². The molecule has 7 heteroatoms. The molecule has 0 aliphatic heterocycles. The molecule has 98 valence electrons. The molecule has 0 saturated heterocycles. The topological polar surface area (TPSA) is 26.0 Å². The zero-order valence-corrected chi connectivity index (χ0v) is 10.2. The van der Waals surface area contributed by atoms with Gasteiger partial charge in [0.1, 0.15) is 5.82 Å². The molecule has 0 aromatic heterocycles. The smallest absolute Gasteiger partial charge is 0.324 e. The minimum atomic E-state index is -4.30. The molecule has 0 saturated carbocycles. The average molecular weight is 292 g/mol. The fourth-order valence-corrected chi connectivity index (χ4v) is 1.63. The van der Waals surface area contributed by atoms with Gasteiger partial charge in [0.05, 0.1) is 0 Å². The summed E-state index contributed by atoms with van der Waals surface area (Å²) in [5.41, 5.74) is 5.42. The zero-order chi connectivity index (χ0) is 12.3. The number of halogens is 6. The summed E-state index contributed by atoms with van der Waals surface area (Å²) in [6, 6.07) is 2.84. The molecule has 0 amide bonds. The maximum absolute atomic E-state index is 13.3. The maximum atomic E-state index is 13.3. The van der Waals surface area contributed by atoms with Crippen molar-refractivity contribution in [3.63, 3.8) is 0 Å². The Bertz CT molecular complexity index is 348. The highest BCUT2D eigenvalue weighted by atomic mass is 35.5. The first-order valence-electron chi connectivity index (χ1n) is 4.57. The second-order valence-electron chi connectivity index (χ2n) is 3.40. The van der Waals surface area contributed by atoms with Crippen LogP contribution in [0.3, 0.4) is 0 Å². The lowest BCUT2D eigenvalue weighted by Gasteiger charge is -2.15. The molecule has 0 bridgehead atoms. The van der Waals surface area contributed by atoms with Crippen molar-refractivity contribution < 1.29 is 17.6 Å². The first-order chi connectivity index (χ1) is 7.31. The number of hydrogen-bond acceptors (Lipinski definition) is 1. The van der Waals surface area contributed by atoms with Gasteiger partial charge in [-0.05, 0) is 18.6 Å². The summed E-state index contributed by atoms with van der Waals surface area (Å²) < 4.78 is 49.1. The third-order valence-electron chi connectivity index (χ3n) is 2.11. The van der Waals surface area contributed by atoms with Gasteiger partial charge in [-0.1, -0.05) is 17.7 Å². The molecule has 0 spiro atoms. The van der Waals surface area contributed by atoms with Crippen molar-refractivity contribution in [1.29, 1.82) is 0 Å². The van der Waals surface area contributed by atoms with Crippen molar-refractivity contribution in [2.75, 3.05) is 0 Å². The van der Waals surface area contributed by atoms with Crippen LogP contribution in [0.15, 0.2) is 18.2 Å². The van der Waals surface area contributed by atoms with Crippen LogP contribution in [-0.2, 0) is 0 Å². The van der Waals surface area contributed by atoms with Gasteiger partial charge in [-0.2, -0.15) is 13.2 Å². The van der Waals surface area contributed by atoms with E-state index in [0.29, 0.717) is 0 Å². The fourth-order valence-electron chi connectivity index (χ4n) is 1.33. The lowest BCUT2D eigenvalue weighted by Crippen LogP contribution is -2.17. The van der Waals surface area contributed by atoms with Crippen molar-refractivity contribution >= 4 is 24.0 Å². The molecule has 1 aromatic carbocycles. The number of rotatable bonds is 3. The van der Waals surface area contributed by atoms with Crippen molar-refractivity contribution in [3.05, 3.63) is 34.6 Å². The average Bonchev–Trinajstić information content (AvgIpc) is 2.13. The van der Waals surface area contributed by atoms with Crippen LogP contribution in [0.4, 0.5) is 17.6 Å². The quantitative estimate of drug-likeness (QED) is 0.828. The molecule has 1 nitrogen and oxygen atoms in total. The molecular formula is C10H11Cl2F4N. The first-order valence-corrected chi connectivity index (χ1v) is 4.95. The van der Waals surface area contributed by atoms with E-state index in [-0.39, 0.29) is 29.4 Å². The standard InChI is InChI=1S/C10H10ClF4N.ClH/c11-6-2-1-3-7(12)9(6)8(16)4-5-10(13,14)15;/h1-3,8H,4-5,16H2;1H/t8-;/m0./s1. The Labute approximate surface area is 107 Å². The van der Waals surface area contributed by atoms with Gasteiger partial charge >= 0.3 is 6.18 Å². The molecule has 0 fully saturated rings. The second-order valence-corrected chi connectivity index (χ2v) is 3.80. The predicted molar refractivity (Wildman–Crippen MR) is 60.9 cm³/mol. The van der Waals surface area contributed by atoms with Gasteiger partial charge in [0.25, 0.3) is 0 Å². The Kier molecular flexibility index (Phi) is 6.23. The fraction of sp³-hybridized carbons (Fsp3) is 0.400. The molecule has 0 radical (unpaired) electrons. The molecule has 0 aliphatic carbocycles. The Morgan fingerprint density at radius 1 is 1.29 bits per heavy atom. The van der Waals surface area contributed by atoms with Crippen molar-refractivity contribution in [1.82, 2.24) is 0 Å². The van der Waals surface area contributed by atoms with Gasteiger partial charge in [0, 0.05) is 23.0 Å². The number of nitrogens with two attached hydrogens (primary N) is 1. The molecule has 0 heterocycles. The number of benzene rings is 1. The van der Waals surface area contributed by atoms with E-state index in [0.717, 1.165) is 6.07 Å². The monoisotopic (exact) mass is 291 g/mol. The lowest BCUT2D eigenvalue weighted by atomic mass is 10.0. The number of alkyl halides is 3. The largest absolute Gasteiger partial charge is 0.389 e. The Morgan fingerprint density at radius 3 is 2.35 bits per heavy atom. The lowest BCUT2D eigenvalue weighted by molar-refractivity contribution is -0.136. The number of hydrogen-bond donors (Lipinski definition) is 1. The first kappa shape index (κ1) is 16.5. The molecule has 0 aliphatic rings. The highest BCUT2D eigenvalue weighted by Gasteiger charge is 2.28. The van der Waals surface area contributed by atoms with Gasteiger partial charge in [0.2, 0.25) is 0 Å². The minimum Gasteiger partial charge on any atom is -0.324 e. The van der Waals surface area contributed by atoms with Crippen LogP contribution in [0.1, 0.15) is 24.4 Å². The van der Waals surface area contributed by atoms with Gasteiger partial charge in [-0.3, -0.25) is 0 Å². The Hall–Kier alpha value is -0.520. The van der Waals surface area contributed by atoms with Crippen molar-refractivity contribution in [2.24, 2.45) is 5.73 Å². The highest BCUT2D eigenvalue weighted by molar-refractivity contribution is 6.31. The third kappa shape index (κ3) is 5.10. The van der Waals surface area contributed by atoms with Crippen LogP contribution < -0.4 is 5.73 Å². The summed E-state index contributed by atoms with van der Waals surface area (Å²) in [5, 5.41) is 0.0506. The van der Waals surface area contributed by atoms with E-state index in [4.69, 9.17) is 17.3 Å². The van der Waals surface area contributed by atoms with E-state index < -0.39 is 24.5 Å². The van der Waals surface area contributed by atoms with E-state index in [1.165, 1.54) is 12.1 Å². The zero-order valence-electron chi connectivity index (χ0n) is 8.60. The normalized spacial score (nSPS) is 13.1. The van der Waals surface area contributed by atoms with E-state index in [9.17, 15) is 17.6 Å². The summed E-state index contributed by atoms with van der Waals surface area (Å²) in [6.45, 7) is 0. The molecule has 17 heavy (non-hydrogen) atoms. The van der Waals surface area contributed by atoms with Crippen LogP contribution in [0, 0.1) is 5.82 Å². The highest BCUT2D eigenvalue weighted by Crippen LogP contribution is 2.30. The van der Waals surface area contributed by atoms with Crippen LogP contribution in [0.5, 0.6) is 0 Å². The molecule has 2 N–H and O–H groups in total. The van der Waals surface area contributed by atoms with Crippen molar-refractivity contribution in [2.45, 2.75) is 25.1 Å². The van der Waals surface area contributed by atoms with Gasteiger partial charge < -0.3 is 5.73 Å². The summed E-state index contributed by atoms with van der Waals surface area (Å²) in [5.74, 6) is -0.679. The molecular weight excluding hydrogens is 281 g/mol. The Balaban J connectivity index is 0.00000256. The second kappa shape index (κ2) is 6.42. The Morgan fingerprint density at radius 2 is 1.88 bits per heavy atom. The van der Waals surface area contributed by atoms with Gasteiger partial charge in [-0.15, -0.1) is 12.4 Å². The van der Waals surface area contributed by atoms with E-state index >= 15 is 0 Å². The van der Waals surface area contributed by atoms with Crippen LogP contribution in [0.2, 0.25) is 5.02 Å². The SMILES string of the molecule is Cl.N[C@@H](CCC(F)(F)F)c1c(F)cccc1Cl. The minimum absolute atomic E-state index is 0. The molecule has 1 atom stereocenters.